The number of aromatic nitrogens is 4. The van der Waals surface area contributed by atoms with Gasteiger partial charge in [-0.2, -0.15) is 10.4 Å². The van der Waals surface area contributed by atoms with Gasteiger partial charge in [-0.15, -0.1) is 0 Å². The summed E-state index contributed by atoms with van der Waals surface area (Å²) in [7, 11) is 1.87. The van der Waals surface area contributed by atoms with Crippen molar-refractivity contribution in [2.45, 2.75) is 6.54 Å². The molecule has 2 aromatic heterocycles. The highest BCUT2D eigenvalue weighted by molar-refractivity contribution is 5.86. The Hall–Kier alpha value is -2.61. The molecule has 0 spiro atoms. The van der Waals surface area contributed by atoms with Gasteiger partial charge in [0, 0.05) is 24.1 Å². The van der Waals surface area contributed by atoms with Crippen molar-refractivity contribution < 1.29 is 0 Å². The van der Waals surface area contributed by atoms with E-state index in [2.05, 4.69) is 20.7 Å². The standard InChI is InChI=1S/C13H11N5/c1-17-13(15-9-16-17)8-18-6-5-11-10(7-14)3-2-4-12(11)18/h2-6,9H,8H2,1H3. The van der Waals surface area contributed by atoms with Gasteiger partial charge < -0.3 is 4.57 Å². The second kappa shape index (κ2) is 4.00. The quantitative estimate of drug-likeness (QED) is 0.681. The Morgan fingerprint density at radius 1 is 1.33 bits per heavy atom. The van der Waals surface area contributed by atoms with Crippen LogP contribution in [0.25, 0.3) is 10.9 Å². The second-order valence-electron chi connectivity index (χ2n) is 4.09. The minimum absolute atomic E-state index is 0.648. The predicted molar refractivity (Wildman–Crippen MR) is 66.8 cm³/mol. The SMILES string of the molecule is Cn1ncnc1Cn1ccc2c(C#N)cccc21. The molecule has 0 fully saturated rings. The van der Waals surface area contributed by atoms with E-state index in [0.717, 1.165) is 16.7 Å². The Morgan fingerprint density at radius 2 is 2.22 bits per heavy atom. The molecule has 0 unspecified atom stereocenters. The molecular formula is C13H11N5. The molecule has 3 rings (SSSR count). The van der Waals surface area contributed by atoms with Crippen LogP contribution in [0, 0.1) is 11.3 Å². The molecule has 88 valence electrons. The first-order valence-corrected chi connectivity index (χ1v) is 5.60. The lowest BCUT2D eigenvalue weighted by atomic mass is 10.1. The van der Waals surface area contributed by atoms with Crippen LogP contribution in [0.4, 0.5) is 0 Å². The van der Waals surface area contributed by atoms with Gasteiger partial charge in [0.25, 0.3) is 0 Å². The number of nitriles is 1. The lowest BCUT2D eigenvalue weighted by molar-refractivity contribution is 0.664. The van der Waals surface area contributed by atoms with Crippen molar-refractivity contribution in [2.24, 2.45) is 7.05 Å². The van der Waals surface area contributed by atoms with E-state index in [0.29, 0.717) is 12.1 Å². The topological polar surface area (TPSA) is 59.4 Å². The highest BCUT2D eigenvalue weighted by Crippen LogP contribution is 2.20. The molecule has 18 heavy (non-hydrogen) atoms. The fourth-order valence-corrected chi connectivity index (χ4v) is 2.07. The van der Waals surface area contributed by atoms with Crippen LogP contribution in [-0.2, 0) is 13.6 Å². The first-order chi connectivity index (χ1) is 8.79. The van der Waals surface area contributed by atoms with E-state index >= 15 is 0 Å². The number of nitrogens with zero attached hydrogens (tertiary/aromatic N) is 5. The van der Waals surface area contributed by atoms with Crippen molar-refractivity contribution in [3.05, 3.63) is 48.2 Å². The predicted octanol–water partition coefficient (Wildman–Crippen LogP) is 1.69. The Morgan fingerprint density at radius 3 is 2.94 bits per heavy atom. The first kappa shape index (κ1) is 10.5. The van der Waals surface area contributed by atoms with Crippen molar-refractivity contribution in [3.8, 4) is 6.07 Å². The third kappa shape index (κ3) is 1.55. The van der Waals surface area contributed by atoms with Crippen LogP contribution in [0.3, 0.4) is 0 Å². The summed E-state index contributed by atoms with van der Waals surface area (Å²) in [5.41, 5.74) is 1.74. The fourth-order valence-electron chi connectivity index (χ4n) is 2.07. The maximum atomic E-state index is 9.06. The molecule has 2 heterocycles. The molecular weight excluding hydrogens is 226 g/mol. The molecule has 0 atom stereocenters. The largest absolute Gasteiger partial charge is 0.340 e. The van der Waals surface area contributed by atoms with Crippen LogP contribution in [0.2, 0.25) is 0 Å². The number of rotatable bonds is 2. The molecule has 0 aliphatic rings. The van der Waals surface area contributed by atoms with Gasteiger partial charge >= 0.3 is 0 Å². The van der Waals surface area contributed by atoms with Gasteiger partial charge in [0.05, 0.1) is 18.2 Å². The summed E-state index contributed by atoms with van der Waals surface area (Å²) in [5, 5.41) is 14.1. The van der Waals surface area contributed by atoms with Gasteiger partial charge in [-0.3, -0.25) is 4.68 Å². The lowest BCUT2D eigenvalue weighted by Gasteiger charge is -2.04. The average molecular weight is 237 g/mol. The second-order valence-corrected chi connectivity index (χ2v) is 4.09. The Balaban J connectivity index is 2.09. The molecule has 1 aromatic carbocycles. The first-order valence-electron chi connectivity index (χ1n) is 5.60. The van der Waals surface area contributed by atoms with Gasteiger partial charge in [-0.05, 0) is 18.2 Å². The van der Waals surface area contributed by atoms with Crippen molar-refractivity contribution in [1.82, 2.24) is 19.3 Å². The molecule has 5 heteroatoms. The zero-order valence-electron chi connectivity index (χ0n) is 9.91. The van der Waals surface area contributed by atoms with Crippen LogP contribution in [-0.4, -0.2) is 19.3 Å². The number of fused-ring (bicyclic) bond motifs is 1. The average Bonchev–Trinajstić information content (AvgIpc) is 2.97. The van der Waals surface area contributed by atoms with Crippen molar-refractivity contribution in [3.63, 3.8) is 0 Å². The zero-order valence-corrected chi connectivity index (χ0v) is 9.91. The Kier molecular flexibility index (Phi) is 2.34. The molecule has 0 aliphatic heterocycles. The van der Waals surface area contributed by atoms with E-state index < -0.39 is 0 Å². The minimum atomic E-state index is 0.648. The van der Waals surface area contributed by atoms with Gasteiger partial charge in [-0.25, -0.2) is 4.98 Å². The molecule has 0 aliphatic carbocycles. The van der Waals surface area contributed by atoms with Crippen LogP contribution < -0.4 is 0 Å². The van der Waals surface area contributed by atoms with Crippen molar-refractivity contribution in [2.75, 3.05) is 0 Å². The third-order valence-corrected chi connectivity index (χ3v) is 3.05. The third-order valence-electron chi connectivity index (χ3n) is 3.05. The molecule has 3 aromatic rings. The lowest BCUT2D eigenvalue weighted by Crippen LogP contribution is -2.05. The van der Waals surface area contributed by atoms with Gasteiger partial charge in [0.2, 0.25) is 0 Å². The number of benzene rings is 1. The summed E-state index contributed by atoms with van der Waals surface area (Å²) in [5.74, 6) is 0.884. The van der Waals surface area contributed by atoms with E-state index in [1.807, 2.05) is 37.5 Å². The molecule has 0 saturated carbocycles. The van der Waals surface area contributed by atoms with Gasteiger partial charge in [0.1, 0.15) is 12.2 Å². The highest BCUT2D eigenvalue weighted by Gasteiger charge is 2.07. The molecule has 5 nitrogen and oxygen atoms in total. The van der Waals surface area contributed by atoms with Crippen LogP contribution in [0.15, 0.2) is 36.8 Å². The maximum absolute atomic E-state index is 9.06. The summed E-state index contributed by atoms with van der Waals surface area (Å²) in [6, 6.07) is 9.90. The normalized spacial score (nSPS) is 10.7. The molecule has 0 radical (unpaired) electrons. The Bertz CT molecular complexity index is 744. The summed E-state index contributed by atoms with van der Waals surface area (Å²) < 4.78 is 3.82. The van der Waals surface area contributed by atoms with Gasteiger partial charge in [-0.1, -0.05) is 6.07 Å². The van der Waals surface area contributed by atoms with Crippen LogP contribution >= 0.6 is 0 Å². The summed E-state index contributed by atoms with van der Waals surface area (Å²) in [6.45, 7) is 0.648. The highest BCUT2D eigenvalue weighted by atomic mass is 15.3. The van der Waals surface area contributed by atoms with E-state index in [1.165, 1.54) is 0 Å². The summed E-state index contributed by atoms with van der Waals surface area (Å²) in [4.78, 5) is 4.21. The minimum Gasteiger partial charge on any atom is -0.340 e. The summed E-state index contributed by atoms with van der Waals surface area (Å²) >= 11 is 0. The smallest absolute Gasteiger partial charge is 0.146 e. The van der Waals surface area contributed by atoms with Crippen molar-refractivity contribution in [1.29, 1.82) is 5.26 Å². The van der Waals surface area contributed by atoms with E-state index in [4.69, 9.17) is 5.26 Å². The van der Waals surface area contributed by atoms with Gasteiger partial charge in [0.15, 0.2) is 0 Å². The number of hydrogen-bond donors (Lipinski definition) is 0. The van der Waals surface area contributed by atoms with Crippen molar-refractivity contribution >= 4 is 10.9 Å². The van der Waals surface area contributed by atoms with E-state index in [9.17, 15) is 0 Å². The molecule has 0 amide bonds. The fraction of sp³-hybridized carbons (Fsp3) is 0.154. The summed E-state index contributed by atoms with van der Waals surface area (Å²) in [6.07, 6.45) is 3.52. The number of hydrogen-bond acceptors (Lipinski definition) is 3. The van der Waals surface area contributed by atoms with E-state index in [-0.39, 0.29) is 0 Å². The maximum Gasteiger partial charge on any atom is 0.146 e. The molecule has 0 bridgehead atoms. The molecule has 0 N–H and O–H groups in total. The molecule has 0 saturated heterocycles. The monoisotopic (exact) mass is 237 g/mol. The zero-order chi connectivity index (χ0) is 12.5. The van der Waals surface area contributed by atoms with E-state index in [1.54, 1.807) is 11.0 Å². The number of aryl methyl sites for hydroxylation is 1. The Labute approximate surface area is 104 Å². The van der Waals surface area contributed by atoms with Crippen LogP contribution in [0.1, 0.15) is 11.4 Å². The van der Waals surface area contributed by atoms with Crippen LogP contribution in [0.5, 0.6) is 0 Å².